The molecule has 0 saturated heterocycles. The van der Waals surface area contributed by atoms with Gasteiger partial charge in [0.2, 0.25) is 0 Å². The fourth-order valence-electron chi connectivity index (χ4n) is 3.22. The Hall–Kier alpha value is -2.85. The predicted molar refractivity (Wildman–Crippen MR) is 108 cm³/mol. The molecule has 0 spiro atoms. The Morgan fingerprint density at radius 3 is 2.15 bits per heavy atom. The molecule has 0 saturated carbocycles. The number of nitrogens with zero attached hydrogens (tertiary/aromatic N) is 1. The van der Waals surface area contributed by atoms with Crippen molar-refractivity contribution in [3.8, 4) is 11.4 Å². The standard InChI is InChI=1S/C22H16BrNO2/c23-18-12-6-7-13-19(18)24-20(14-15-8-2-1-3-9-15)21(25)16-10-4-5-11-17(16)22(24)26/h1-13,25H,14H2. The van der Waals surface area contributed by atoms with Crippen molar-refractivity contribution in [1.29, 1.82) is 0 Å². The minimum Gasteiger partial charge on any atom is -0.505 e. The van der Waals surface area contributed by atoms with Crippen LogP contribution in [0.2, 0.25) is 0 Å². The lowest BCUT2D eigenvalue weighted by Gasteiger charge is -2.18. The van der Waals surface area contributed by atoms with E-state index in [1.165, 1.54) is 0 Å². The third-order valence-electron chi connectivity index (χ3n) is 4.47. The van der Waals surface area contributed by atoms with E-state index in [1.54, 1.807) is 16.7 Å². The van der Waals surface area contributed by atoms with E-state index in [-0.39, 0.29) is 11.3 Å². The maximum atomic E-state index is 13.3. The first-order valence-corrected chi connectivity index (χ1v) is 9.10. The van der Waals surface area contributed by atoms with E-state index in [0.29, 0.717) is 28.6 Å². The first kappa shape index (κ1) is 16.6. The zero-order chi connectivity index (χ0) is 18.1. The molecule has 128 valence electrons. The summed E-state index contributed by atoms with van der Waals surface area (Å²) >= 11 is 3.53. The maximum absolute atomic E-state index is 13.3. The summed E-state index contributed by atoms with van der Waals surface area (Å²) in [6.45, 7) is 0. The average molecular weight is 406 g/mol. The van der Waals surface area contributed by atoms with E-state index in [0.717, 1.165) is 10.0 Å². The highest BCUT2D eigenvalue weighted by Gasteiger charge is 2.18. The van der Waals surface area contributed by atoms with Gasteiger partial charge in [0, 0.05) is 16.3 Å². The quantitative estimate of drug-likeness (QED) is 0.518. The van der Waals surface area contributed by atoms with E-state index in [1.807, 2.05) is 66.7 Å². The number of halogens is 1. The van der Waals surface area contributed by atoms with Gasteiger partial charge < -0.3 is 5.11 Å². The van der Waals surface area contributed by atoms with Crippen molar-refractivity contribution >= 4 is 26.7 Å². The van der Waals surface area contributed by atoms with Gasteiger partial charge in [0.25, 0.3) is 5.56 Å². The van der Waals surface area contributed by atoms with Gasteiger partial charge >= 0.3 is 0 Å². The second-order valence-electron chi connectivity index (χ2n) is 6.10. The summed E-state index contributed by atoms with van der Waals surface area (Å²) in [4.78, 5) is 13.3. The summed E-state index contributed by atoms with van der Waals surface area (Å²) < 4.78 is 2.40. The molecule has 3 aromatic carbocycles. The zero-order valence-corrected chi connectivity index (χ0v) is 15.5. The summed E-state index contributed by atoms with van der Waals surface area (Å²) in [5.74, 6) is 0.139. The first-order chi connectivity index (χ1) is 12.7. The molecule has 0 fully saturated rings. The topological polar surface area (TPSA) is 42.2 Å². The fraction of sp³-hybridized carbons (Fsp3) is 0.0455. The number of fused-ring (bicyclic) bond motifs is 1. The van der Waals surface area contributed by atoms with Gasteiger partial charge in [-0.25, -0.2) is 0 Å². The molecular formula is C22H16BrNO2. The molecule has 1 heterocycles. The van der Waals surface area contributed by atoms with Crippen LogP contribution in [0.5, 0.6) is 5.75 Å². The Labute approximate surface area is 159 Å². The summed E-state index contributed by atoms with van der Waals surface area (Å²) in [6.07, 6.45) is 0.452. The molecule has 3 nitrogen and oxygen atoms in total. The lowest BCUT2D eigenvalue weighted by molar-refractivity contribution is 0.468. The number of hydrogen-bond donors (Lipinski definition) is 1. The molecule has 0 unspecified atom stereocenters. The van der Waals surface area contributed by atoms with Crippen LogP contribution in [0.1, 0.15) is 11.3 Å². The number of pyridine rings is 1. The van der Waals surface area contributed by atoms with Crippen LogP contribution in [0.15, 0.2) is 88.1 Å². The SMILES string of the molecule is O=c1c2ccccc2c(O)c(Cc2ccccc2)n1-c1ccccc1Br. The summed E-state index contributed by atoms with van der Waals surface area (Å²) in [5, 5.41) is 12.1. The third-order valence-corrected chi connectivity index (χ3v) is 5.14. The number of para-hydroxylation sites is 1. The molecule has 0 aliphatic carbocycles. The number of rotatable bonds is 3. The molecule has 4 rings (SSSR count). The maximum Gasteiger partial charge on any atom is 0.263 e. The zero-order valence-electron chi connectivity index (χ0n) is 13.9. The van der Waals surface area contributed by atoms with Gasteiger partial charge in [-0.2, -0.15) is 0 Å². The van der Waals surface area contributed by atoms with E-state index in [2.05, 4.69) is 15.9 Å². The van der Waals surface area contributed by atoms with Gasteiger partial charge in [0.1, 0.15) is 5.75 Å². The van der Waals surface area contributed by atoms with Crippen molar-refractivity contribution < 1.29 is 5.11 Å². The molecular weight excluding hydrogens is 390 g/mol. The molecule has 0 aliphatic heterocycles. The summed E-state index contributed by atoms with van der Waals surface area (Å²) in [7, 11) is 0. The molecule has 4 aromatic rings. The Morgan fingerprint density at radius 2 is 1.42 bits per heavy atom. The van der Waals surface area contributed by atoms with Crippen molar-refractivity contribution in [2.45, 2.75) is 6.42 Å². The second-order valence-corrected chi connectivity index (χ2v) is 6.95. The van der Waals surface area contributed by atoms with Crippen LogP contribution in [0.4, 0.5) is 0 Å². The largest absolute Gasteiger partial charge is 0.505 e. The number of hydrogen-bond acceptors (Lipinski definition) is 2. The second kappa shape index (κ2) is 6.81. The molecule has 0 radical (unpaired) electrons. The lowest BCUT2D eigenvalue weighted by Crippen LogP contribution is -2.23. The van der Waals surface area contributed by atoms with Crippen molar-refractivity contribution in [3.63, 3.8) is 0 Å². The minimum atomic E-state index is -0.142. The lowest BCUT2D eigenvalue weighted by atomic mass is 10.0. The normalized spacial score (nSPS) is 11.0. The van der Waals surface area contributed by atoms with E-state index >= 15 is 0 Å². The Morgan fingerprint density at radius 1 is 0.808 bits per heavy atom. The van der Waals surface area contributed by atoms with Crippen LogP contribution >= 0.6 is 15.9 Å². The van der Waals surface area contributed by atoms with Gasteiger partial charge in [-0.3, -0.25) is 9.36 Å². The van der Waals surface area contributed by atoms with Gasteiger partial charge in [0.05, 0.1) is 16.8 Å². The molecule has 4 heteroatoms. The van der Waals surface area contributed by atoms with Crippen LogP contribution in [0.25, 0.3) is 16.5 Å². The third kappa shape index (κ3) is 2.82. The van der Waals surface area contributed by atoms with Crippen molar-refractivity contribution in [2.24, 2.45) is 0 Å². The number of benzene rings is 3. The van der Waals surface area contributed by atoms with Crippen LogP contribution in [-0.4, -0.2) is 9.67 Å². The summed E-state index contributed by atoms with van der Waals surface area (Å²) in [6, 6.07) is 24.5. The Kier molecular flexibility index (Phi) is 4.35. The average Bonchev–Trinajstić information content (AvgIpc) is 2.68. The van der Waals surface area contributed by atoms with Crippen LogP contribution < -0.4 is 5.56 Å². The molecule has 26 heavy (non-hydrogen) atoms. The first-order valence-electron chi connectivity index (χ1n) is 8.31. The van der Waals surface area contributed by atoms with E-state index in [4.69, 9.17) is 0 Å². The predicted octanol–water partition coefficient (Wildman–Crippen LogP) is 5.05. The van der Waals surface area contributed by atoms with Crippen molar-refractivity contribution in [3.05, 3.63) is 105 Å². The van der Waals surface area contributed by atoms with Gasteiger partial charge in [-0.1, -0.05) is 60.7 Å². The summed E-state index contributed by atoms with van der Waals surface area (Å²) in [5.41, 5.74) is 2.17. The van der Waals surface area contributed by atoms with Gasteiger partial charge in [-0.15, -0.1) is 0 Å². The molecule has 0 atom stereocenters. The fourth-order valence-corrected chi connectivity index (χ4v) is 3.68. The van der Waals surface area contributed by atoms with Crippen LogP contribution in [-0.2, 0) is 6.42 Å². The molecule has 0 bridgehead atoms. The molecule has 0 aliphatic rings. The minimum absolute atomic E-state index is 0.139. The molecule has 0 amide bonds. The smallest absolute Gasteiger partial charge is 0.263 e. The molecule has 1 aromatic heterocycles. The molecule has 1 N–H and O–H groups in total. The highest BCUT2D eigenvalue weighted by Crippen LogP contribution is 2.31. The van der Waals surface area contributed by atoms with E-state index < -0.39 is 0 Å². The monoisotopic (exact) mass is 405 g/mol. The van der Waals surface area contributed by atoms with Crippen LogP contribution in [0, 0.1) is 0 Å². The number of aromatic hydroxyl groups is 1. The van der Waals surface area contributed by atoms with E-state index in [9.17, 15) is 9.90 Å². The van der Waals surface area contributed by atoms with Gasteiger partial charge in [-0.05, 0) is 39.7 Å². The highest BCUT2D eigenvalue weighted by molar-refractivity contribution is 9.10. The van der Waals surface area contributed by atoms with Gasteiger partial charge in [0.15, 0.2) is 0 Å². The number of aromatic nitrogens is 1. The highest BCUT2D eigenvalue weighted by atomic mass is 79.9. The van der Waals surface area contributed by atoms with Crippen molar-refractivity contribution in [2.75, 3.05) is 0 Å². The Balaban J connectivity index is 2.08. The van der Waals surface area contributed by atoms with Crippen LogP contribution in [0.3, 0.4) is 0 Å². The van der Waals surface area contributed by atoms with Crippen molar-refractivity contribution in [1.82, 2.24) is 4.57 Å². The Bertz CT molecular complexity index is 1150.